The van der Waals surface area contributed by atoms with Gasteiger partial charge in [-0.2, -0.15) is 15.5 Å². The van der Waals surface area contributed by atoms with E-state index in [-0.39, 0.29) is 54.0 Å². The molecular formula is C51H53N11O6. The van der Waals surface area contributed by atoms with Crippen LogP contribution < -0.4 is 31.4 Å². The summed E-state index contributed by atoms with van der Waals surface area (Å²) in [4.78, 5) is 77.6. The Morgan fingerprint density at radius 1 is 0.868 bits per heavy atom. The van der Waals surface area contributed by atoms with Crippen molar-refractivity contribution in [3.05, 3.63) is 129 Å². The Balaban J connectivity index is 0.711. The van der Waals surface area contributed by atoms with E-state index in [1.165, 1.54) is 15.4 Å². The van der Waals surface area contributed by atoms with Crippen LogP contribution in [0.15, 0.2) is 101 Å². The molecule has 9 rings (SSSR count). The number of Topliss-reactive ketones (excluding diaryl/α,β-unsaturated/α-hetero) is 1. The van der Waals surface area contributed by atoms with Gasteiger partial charge in [-0.05, 0) is 87.7 Å². The molecule has 2 N–H and O–H groups in total. The molecule has 0 saturated carbocycles. The predicted octanol–water partition coefficient (Wildman–Crippen LogP) is 4.45. The first kappa shape index (κ1) is 45.7. The average Bonchev–Trinajstić information content (AvgIpc) is 3.37. The molecule has 0 aliphatic carbocycles. The van der Waals surface area contributed by atoms with Crippen LogP contribution in [0.1, 0.15) is 61.4 Å². The Bertz CT molecular complexity index is 2990. The standard InChI is InChI=1S/C51H53N11O6/c1-33-42-26-39(12-13-41(42)51(67)62(57-33)45-15-16-47(64)56-50(45)66)60-23-21-59(22-24-60)20-3-2-7-46(63)43-30-53-19-18-38(43)32-68-40-28-54-49(55-29-40)36-10-8-34(9-11-36)31-61-48(65)17-14-44(58-61)37-6-4-5-35(25-37)27-52/h4-6,8-14,17,25-26,28-29,38,43,45,53H,2-3,7,15-16,18-24,30-32H2,1H3,(H,56,64,66). The number of hydrogen-bond acceptors (Lipinski definition) is 14. The summed E-state index contributed by atoms with van der Waals surface area (Å²) in [5.41, 5.74) is 4.69. The molecule has 3 aromatic carbocycles. The zero-order valence-electron chi connectivity index (χ0n) is 38.0. The van der Waals surface area contributed by atoms with Crippen LogP contribution in [-0.4, -0.2) is 104 Å². The van der Waals surface area contributed by atoms with Crippen molar-refractivity contribution in [3.63, 3.8) is 0 Å². The van der Waals surface area contributed by atoms with Gasteiger partial charge in [0, 0.05) is 85.7 Å². The average molecular weight is 916 g/mol. The number of amides is 2. The van der Waals surface area contributed by atoms with Gasteiger partial charge in [-0.3, -0.25) is 34.2 Å². The molecule has 0 radical (unpaired) electrons. The second-order valence-electron chi connectivity index (χ2n) is 17.8. The van der Waals surface area contributed by atoms with Gasteiger partial charge >= 0.3 is 0 Å². The second kappa shape index (κ2) is 20.6. The number of aromatic nitrogens is 6. The molecule has 3 unspecified atom stereocenters. The lowest BCUT2D eigenvalue weighted by Gasteiger charge is -2.36. The van der Waals surface area contributed by atoms with Crippen LogP contribution in [0.25, 0.3) is 33.4 Å². The third-order valence-corrected chi connectivity index (χ3v) is 13.3. The number of aryl methyl sites for hydroxylation is 1. The van der Waals surface area contributed by atoms with Gasteiger partial charge in [-0.1, -0.05) is 36.4 Å². The number of nitrogens with zero attached hydrogens (tertiary/aromatic N) is 9. The number of unbranched alkanes of at least 4 members (excludes halogenated alkanes) is 1. The Morgan fingerprint density at radius 2 is 1.68 bits per heavy atom. The summed E-state index contributed by atoms with van der Waals surface area (Å²) in [7, 11) is 0. The highest BCUT2D eigenvalue weighted by Crippen LogP contribution is 2.27. The maximum Gasteiger partial charge on any atom is 0.275 e. The number of nitrogens with one attached hydrogen (secondary N) is 2. The Morgan fingerprint density at radius 3 is 2.46 bits per heavy atom. The summed E-state index contributed by atoms with van der Waals surface area (Å²) in [5, 5.41) is 25.3. The van der Waals surface area contributed by atoms with Gasteiger partial charge in [0.25, 0.3) is 17.0 Å². The van der Waals surface area contributed by atoms with E-state index in [0.717, 1.165) is 86.3 Å². The van der Waals surface area contributed by atoms with Crippen LogP contribution in [0.3, 0.4) is 0 Å². The summed E-state index contributed by atoms with van der Waals surface area (Å²) in [6.07, 6.45) is 6.89. The SMILES string of the molecule is Cc1nn(C2CCC(=O)NC2=O)c(=O)c2ccc(N3CCN(CCCCC(=O)C4CNCCC4COc4cnc(-c5ccc(Cn6nc(-c7cccc(C#N)c7)ccc6=O)cc5)nc4)CC3)cc12. The second-order valence-corrected chi connectivity index (χ2v) is 17.8. The quantitative estimate of drug-likeness (QED) is 0.108. The lowest BCUT2D eigenvalue weighted by atomic mass is 9.82. The number of piperazine rings is 1. The van der Waals surface area contributed by atoms with Gasteiger partial charge in [0.15, 0.2) is 11.6 Å². The summed E-state index contributed by atoms with van der Waals surface area (Å²) in [6.45, 7) is 8.38. The molecule has 3 saturated heterocycles. The molecular weight excluding hydrogens is 863 g/mol. The van der Waals surface area contributed by atoms with Gasteiger partial charge < -0.3 is 15.0 Å². The lowest BCUT2D eigenvalue weighted by Crippen LogP contribution is -2.46. The van der Waals surface area contributed by atoms with E-state index in [9.17, 15) is 29.2 Å². The van der Waals surface area contributed by atoms with Crippen molar-refractivity contribution in [1.82, 2.24) is 45.1 Å². The molecule has 6 heterocycles. The maximum atomic E-state index is 13.5. The highest BCUT2D eigenvalue weighted by Gasteiger charge is 2.32. The van der Waals surface area contributed by atoms with Gasteiger partial charge in [-0.25, -0.2) is 19.3 Å². The Kier molecular flexibility index (Phi) is 13.9. The van der Waals surface area contributed by atoms with Crippen molar-refractivity contribution in [3.8, 4) is 34.5 Å². The Labute approximate surface area is 392 Å². The van der Waals surface area contributed by atoms with Gasteiger partial charge in [0.05, 0.1) is 54.0 Å². The smallest absolute Gasteiger partial charge is 0.275 e. The molecule has 3 aliphatic heterocycles. The van der Waals surface area contributed by atoms with Crippen LogP contribution in [0.4, 0.5) is 5.69 Å². The summed E-state index contributed by atoms with van der Waals surface area (Å²) in [5.74, 6) is 0.503. The largest absolute Gasteiger partial charge is 0.490 e. The van der Waals surface area contributed by atoms with Crippen LogP contribution in [0, 0.1) is 30.1 Å². The molecule has 0 spiro atoms. The first-order valence-electron chi connectivity index (χ1n) is 23.3. The number of nitriles is 1. The van der Waals surface area contributed by atoms with E-state index in [2.05, 4.69) is 46.7 Å². The van der Waals surface area contributed by atoms with Gasteiger partial charge in [0.2, 0.25) is 5.91 Å². The fourth-order valence-corrected chi connectivity index (χ4v) is 9.40. The number of benzene rings is 3. The van der Waals surface area contributed by atoms with Crippen LogP contribution in [-0.2, 0) is 20.9 Å². The fraction of sp³-hybridized carbons (Fsp3) is 0.373. The summed E-state index contributed by atoms with van der Waals surface area (Å²) < 4.78 is 8.80. The minimum atomic E-state index is -0.803. The molecule has 68 heavy (non-hydrogen) atoms. The molecule has 17 heteroatoms. The number of ketones is 1. The number of hydrogen-bond donors (Lipinski definition) is 2. The minimum Gasteiger partial charge on any atom is -0.490 e. The van der Waals surface area contributed by atoms with Crippen LogP contribution >= 0.6 is 0 Å². The normalized spacial score (nSPS) is 18.8. The molecule has 0 bridgehead atoms. The molecule has 3 aromatic heterocycles. The molecule has 3 fully saturated rings. The monoisotopic (exact) mass is 915 g/mol. The number of anilines is 1. The molecule has 2 amide bonds. The number of imide groups is 1. The summed E-state index contributed by atoms with van der Waals surface area (Å²) >= 11 is 0. The molecule has 3 atom stereocenters. The van der Waals surface area contributed by atoms with Crippen molar-refractivity contribution in [2.75, 3.05) is 57.3 Å². The first-order valence-corrected chi connectivity index (χ1v) is 23.3. The number of piperidine rings is 2. The predicted molar refractivity (Wildman–Crippen MR) is 255 cm³/mol. The minimum absolute atomic E-state index is 0.0931. The number of ether oxygens (including phenoxy) is 1. The van der Waals surface area contributed by atoms with E-state index < -0.39 is 11.9 Å². The highest BCUT2D eigenvalue weighted by atomic mass is 16.5. The van der Waals surface area contributed by atoms with Crippen LogP contribution in [0.2, 0.25) is 0 Å². The topological polar surface area (TPSA) is 210 Å². The number of fused-ring (bicyclic) bond motifs is 1. The van der Waals surface area contributed by atoms with E-state index >= 15 is 0 Å². The number of carbonyl (C=O) groups excluding carboxylic acids is 3. The van der Waals surface area contributed by atoms with Crippen molar-refractivity contribution < 1.29 is 19.1 Å². The van der Waals surface area contributed by atoms with Crippen molar-refractivity contribution in [2.24, 2.45) is 11.8 Å². The van der Waals surface area contributed by atoms with Crippen molar-refractivity contribution in [1.29, 1.82) is 5.26 Å². The first-order chi connectivity index (χ1) is 33.1. The third kappa shape index (κ3) is 10.4. The van der Waals surface area contributed by atoms with E-state index in [0.29, 0.717) is 53.5 Å². The third-order valence-electron chi connectivity index (χ3n) is 13.3. The Hall–Kier alpha value is -7.42. The highest BCUT2D eigenvalue weighted by molar-refractivity contribution is 5.99. The van der Waals surface area contributed by atoms with Crippen molar-refractivity contribution >= 4 is 34.1 Å². The zero-order chi connectivity index (χ0) is 47.1. The lowest BCUT2D eigenvalue weighted by molar-refractivity contribution is -0.136. The maximum absolute atomic E-state index is 13.5. The van der Waals surface area contributed by atoms with Gasteiger partial charge in [-0.15, -0.1) is 0 Å². The number of carbonyl (C=O) groups is 3. The van der Waals surface area contributed by atoms with Gasteiger partial charge in [0.1, 0.15) is 11.8 Å². The van der Waals surface area contributed by atoms with Crippen LogP contribution in [0.5, 0.6) is 5.75 Å². The fourth-order valence-electron chi connectivity index (χ4n) is 9.40. The van der Waals surface area contributed by atoms with E-state index in [1.807, 2.05) is 55.5 Å². The summed E-state index contributed by atoms with van der Waals surface area (Å²) in [6, 6.07) is 25.0. The molecule has 3 aliphatic rings. The van der Waals surface area contributed by atoms with E-state index in [4.69, 9.17) is 4.74 Å². The van der Waals surface area contributed by atoms with E-state index in [1.54, 1.807) is 36.7 Å². The van der Waals surface area contributed by atoms with Crippen molar-refractivity contribution in [2.45, 2.75) is 58.0 Å². The molecule has 348 valence electrons. The number of rotatable bonds is 15. The molecule has 17 nitrogen and oxygen atoms in total. The zero-order valence-corrected chi connectivity index (χ0v) is 38.0. The molecule has 6 aromatic rings.